The monoisotopic (exact) mass is 254 g/mol. The van der Waals surface area contributed by atoms with Crippen molar-refractivity contribution in [1.82, 2.24) is 0 Å². The first kappa shape index (κ1) is 10.6. The second kappa shape index (κ2) is 3.28. The van der Waals surface area contributed by atoms with E-state index < -0.39 is 0 Å². The maximum atomic E-state index is 12.9. The molecule has 2 saturated carbocycles. The standard InChI is InChI=1S/C17H18O2/c18-16-12-6-8-1-2-9(5-8)13(12)17(19)15-11-4-3-10(7-11)14(15)16/h3-5,9-15H,1-2,6-7H2. The molecule has 0 radical (unpaired) electrons. The second-order valence-electron chi connectivity index (χ2n) is 7.17. The number of allylic oxidation sites excluding steroid dienone is 4. The lowest BCUT2D eigenvalue weighted by Gasteiger charge is -2.42. The number of carbonyl (C=O) groups excluding carboxylic acids is 2. The maximum absolute atomic E-state index is 12.9. The van der Waals surface area contributed by atoms with Crippen LogP contribution in [0.3, 0.4) is 0 Å². The summed E-state index contributed by atoms with van der Waals surface area (Å²) in [6, 6.07) is 0. The Morgan fingerprint density at radius 3 is 2.42 bits per heavy atom. The number of ketones is 2. The first-order valence-electron chi connectivity index (χ1n) is 7.69. The van der Waals surface area contributed by atoms with Crippen molar-refractivity contribution in [2.75, 3.05) is 0 Å². The first-order valence-corrected chi connectivity index (χ1v) is 7.69. The highest BCUT2D eigenvalue weighted by Crippen LogP contribution is 2.58. The molecule has 5 rings (SSSR count). The predicted molar refractivity (Wildman–Crippen MR) is 70.1 cm³/mol. The molecule has 2 nitrogen and oxygen atoms in total. The van der Waals surface area contributed by atoms with E-state index in [0.29, 0.717) is 29.3 Å². The molecule has 0 aromatic rings. The highest BCUT2D eigenvalue weighted by Gasteiger charge is 2.60. The second-order valence-corrected chi connectivity index (χ2v) is 7.17. The van der Waals surface area contributed by atoms with Crippen LogP contribution in [-0.4, -0.2) is 11.6 Å². The molecule has 4 bridgehead atoms. The minimum atomic E-state index is 0.0350. The maximum Gasteiger partial charge on any atom is 0.141 e. The number of fused-ring (bicyclic) bond motifs is 8. The Balaban J connectivity index is 1.62. The molecule has 0 saturated heterocycles. The van der Waals surface area contributed by atoms with E-state index in [4.69, 9.17) is 0 Å². The minimum absolute atomic E-state index is 0.0350. The van der Waals surface area contributed by atoms with Crippen LogP contribution in [0, 0.1) is 41.4 Å². The van der Waals surface area contributed by atoms with Crippen molar-refractivity contribution in [2.24, 2.45) is 41.4 Å². The zero-order valence-corrected chi connectivity index (χ0v) is 10.9. The lowest BCUT2D eigenvalue weighted by atomic mass is 9.58. The van der Waals surface area contributed by atoms with E-state index in [2.05, 4.69) is 18.2 Å². The molecule has 2 fully saturated rings. The van der Waals surface area contributed by atoms with Crippen LogP contribution >= 0.6 is 0 Å². The van der Waals surface area contributed by atoms with Gasteiger partial charge < -0.3 is 0 Å². The molecule has 0 aromatic heterocycles. The molecular formula is C17H18O2. The Hall–Kier alpha value is -1.18. The number of hydrogen-bond donors (Lipinski definition) is 0. The molecular weight excluding hydrogens is 236 g/mol. The number of rotatable bonds is 0. The molecule has 0 spiro atoms. The van der Waals surface area contributed by atoms with E-state index in [1.165, 1.54) is 5.57 Å². The van der Waals surface area contributed by atoms with Gasteiger partial charge in [0.25, 0.3) is 0 Å². The van der Waals surface area contributed by atoms with Crippen LogP contribution in [0.25, 0.3) is 0 Å². The summed E-state index contributed by atoms with van der Waals surface area (Å²) in [5, 5.41) is 0. The Kier molecular flexibility index (Phi) is 1.83. The molecule has 0 aliphatic heterocycles. The van der Waals surface area contributed by atoms with Crippen molar-refractivity contribution >= 4 is 11.6 Å². The van der Waals surface area contributed by atoms with E-state index in [1.54, 1.807) is 0 Å². The van der Waals surface area contributed by atoms with Crippen LogP contribution in [0.2, 0.25) is 0 Å². The Labute approximate surface area is 112 Å². The Morgan fingerprint density at radius 2 is 1.63 bits per heavy atom. The van der Waals surface area contributed by atoms with Gasteiger partial charge in [-0.3, -0.25) is 9.59 Å². The predicted octanol–water partition coefficient (Wildman–Crippen LogP) is 2.55. The van der Waals surface area contributed by atoms with E-state index in [0.717, 1.165) is 25.7 Å². The van der Waals surface area contributed by atoms with Crippen molar-refractivity contribution in [3.8, 4) is 0 Å². The summed E-state index contributed by atoms with van der Waals surface area (Å²) in [7, 11) is 0. The molecule has 0 aromatic carbocycles. The third kappa shape index (κ3) is 1.14. The molecule has 2 heteroatoms. The number of Topliss-reactive ketones (excluding diaryl/α,β-unsaturated/α-hetero) is 2. The Morgan fingerprint density at radius 1 is 0.895 bits per heavy atom. The van der Waals surface area contributed by atoms with E-state index >= 15 is 0 Å². The van der Waals surface area contributed by atoms with Crippen LogP contribution in [0.4, 0.5) is 0 Å². The van der Waals surface area contributed by atoms with Gasteiger partial charge in [-0.15, -0.1) is 0 Å². The van der Waals surface area contributed by atoms with Gasteiger partial charge in [0.05, 0.1) is 0 Å². The SMILES string of the molecule is O=C1C2CC3=CC(CC3)C2C(=O)C2C3C=CC(C3)C12. The fraction of sp³-hybridized carbons (Fsp3) is 0.647. The van der Waals surface area contributed by atoms with Crippen LogP contribution in [-0.2, 0) is 9.59 Å². The lowest BCUT2D eigenvalue weighted by molar-refractivity contribution is -0.149. The zero-order chi connectivity index (χ0) is 12.7. The smallest absolute Gasteiger partial charge is 0.141 e. The summed E-state index contributed by atoms with van der Waals surface area (Å²) in [6.07, 6.45) is 10.9. The van der Waals surface area contributed by atoms with Crippen molar-refractivity contribution in [1.29, 1.82) is 0 Å². The molecule has 7 unspecified atom stereocenters. The fourth-order valence-electron chi connectivity index (χ4n) is 5.74. The third-order valence-corrected chi connectivity index (χ3v) is 6.44. The molecule has 0 amide bonds. The minimum Gasteiger partial charge on any atom is -0.299 e. The van der Waals surface area contributed by atoms with Crippen LogP contribution < -0.4 is 0 Å². The van der Waals surface area contributed by atoms with Gasteiger partial charge in [-0.05, 0) is 43.4 Å². The van der Waals surface area contributed by atoms with Crippen molar-refractivity contribution in [3.05, 3.63) is 23.8 Å². The molecule has 5 aliphatic carbocycles. The van der Waals surface area contributed by atoms with Crippen LogP contribution in [0.5, 0.6) is 0 Å². The summed E-state index contributed by atoms with van der Waals surface area (Å²) in [6.45, 7) is 0. The third-order valence-electron chi connectivity index (χ3n) is 6.44. The zero-order valence-electron chi connectivity index (χ0n) is 10.9. The van der Waals surface area contributed by atoms with Gasteiger partial charge in [-0.2, -0.15) is 0 Å². The summed E-state index contributed by atoms with van der Waals surface area (Å²) in [4.78, 5) is 25.8. The fourth-order valence-corrected chi connectivity index (χ4v) is 5.74. The highest BCUT2D eigenvalue weighted by atomic mass is 16.1. The molecule has 7 atom stereocenters. The van der Waals surface area contributed by atoms with Crippen molar-refractivity contribution < 1.29 is 9.59 Å². The quantitative estimate of drug-likeness (QED) is 0.623. The van der Waals surface area contributed by atoms with E-state index in [9.17, 15) is 9.59 Å². The number of carbonyl (C=O) groups is 2. The van der Waals surface area contributed by atoms with Gasteiger partial charge in [0, 0.05) is 23.7 Å². The van der Waals surface area contributed by atoms with Gasteiger partial charge >= 0.3 is 0 Å². The molecule has 0 heterocycles. The van der Waals surface area contributed by atoms with E-state index in [-0.39, 0.29) is 23.7 Å². The van der Waals surface area contributed by atoms with Gasteiger partial charge in [0.15, 0.2) is 0 Å². The van der Waals surface area contributed by atoms with Gasteiger partial charge in [-0.1, -0.05) is 23.8 Å². The molecule has 5 aliphatic rings. The summed E-state index contributed by atoms with van der Waals surface area (Å²) in [5.41, 5.74) is 1.45. The average Bonchev–Trinajstić information content (AvgIpc) is 3.10. The largest absolute Gasteiger partial charge is 0.299 e. The normalized spacial score (nSPS) is 53.3. The molecule has 19 heavy (non-hydrogen) atoms. The van der Waals surface area contributed by atoms with Gasteiger partial charge in [0.1, 0.15) is 11.6 Å². The van der Waals surface area contributed by atoms with Crippen molar-refractivity contribution in [2.45, 2.75) is 25.7 Å². The first-order chi connectivity index (χ1) is 9.24. The highest BCUT2D eigenvalue weighted by molar-refractivity contribution is 6.01. The lowest BCUT2D eigenvalue weighted by Crippen LogP contribution is -2.51. The Bertz CT molecular complexity index is 556. The summed E-state index contributed by atoms with van der Waals surface area (Å²) < 4.78 is 0. The summed E-state index contributed by atoms with van der Waals surface area (Å²) in [5.74, 6) is 2.16. The van der Waals surface area contributed by atoms with Crippen LogP contribution in [0.1, 0.15) is 25.7 Å². The van der Waals surface area contributed by atoms with Crippen molar-refractivity contribution in [3.63, 3.8) is 0 Å². The van der Waals surface area contributed by atoms with Gasteiger partial charge in [-0.25, -0.2) is 0 Å². The van der Waals surface area contributed by atoms with Crippen LogP contribution in [0.15, 0.2) is 23.8 Å². The van der Waals surface area contributed by atoms with E-state index in [1.807, 2.05) is 0 Å². The summed E-state index contributed by atoms with van der Waals surface area (Å²) >= 11 is 0. The number of hydrogen-bond acceptors (Lipinski definition) is 2. The average molecular weight is 254 g/mol. The molecule has 98 valence electrons. The van der Waals surface area contributed by atoms with Gasteiger partial charge in [0.2, 0.25) is 0 Å². The molecule has 0 N–H and O–H groups in total. The topological polar surface area (TPSA) is 34.1 Å².